The second-order valence-corrected chi connectivity index (χ2v) is 4.43. The molecule has 1 amide bonds. The van der Waals surface area contributed by atoms with Crippen molar-refractivity contribution < 1.29 is 4.79 Å². The van der Waals surface area contributed by atoms with Crippen LogP contribution in [0, 0.1) is 12.8 Å². The fourth-order valence-corrected chi connectivity index (χ4v) is 1.54. The highest BCUT2D eigenvalue weighted by Crippen LogP contribution is 2.06. The SMILES string of the molecule is Cc1cccc(C(=O)NC(CN)C(C)C)c1. The monoisotopic (exact) mass is 220 g/mol. The normalized spacial score (nSPS) is 12.6. The Hall–Kier alpha value is -1.35. The summed E-state index contributed by atoms with van der Waals surface area (Å²) >= 11 is 0. The topological polar surface area (TPSA) is 55.1 Å². The van der Waals surface area contributed by atoms with E-state index in [1.54, 1.807) is 0 Å². The van der Waals surface area contributed by atoms with Crippen LogP contribution in [0.3, 0.4) is 0 Å². The lowest BCUT2D eigenvalue weighted by Crippen LogP contribution is -2.43. The highest BCUT2D eigenvalue weighted by molar-refractivity contribution is 5.94. The van der Waals surface area contributed by atoms with Gasteiger partial charge >= 0.3 is 0 Å². The molecule has 0 aromatic heterocycles. The summed E-state index contributed by atoms with van der Waals surface area (Å²) in [6.45, 7) is 6.54. The Morgan fingerprint density at radius 2 is 2.12 bits per heavy atom. The third-order valence-corrected chi connectivity index (χ3v) is 2.66. The van der Waals surface area contributed by atoms with E-state index in [0.29, 0.717) is 18.0 Å². The van der Waals surface area contributed by atoms with Gasteiger partial charge in [0.2, 0.25) is 0 Å². The molecule has 0 saturated heterocycles. The molecule has 16 heavy (non-hydrogen) atoms. The predicted molar refractivity (Wildman–Crippen MR) is 66.3 cm³/mol. The van der Waals surface area contributed by atoms with Gasteiger partial charge in [0.15, 0.2) is 0 Å². The van der Waals surface area contributed by atoms with Crippen LogP contribution in [0.2, 0.25) is 0 Å². The van der Waals surface area contributed by atoms with Crippen LogP contribution in [0.15, 0.2) is 24.3 Å². The van der Waals surface area contributed by atoms with Gasteiger partial charge in [0, 0.05) is 18.2 Å². The molecule has 0 spiro atoms. The molecule has 1 atom stereocenters. The highest BCUT2D eigenvalue weighted by Gasteiger charge is 2.15. The maximum Gasteiger partial charge on any atom is 0.251 e. The van der Waals surface area contributed by atoms with Crippen LogP contribution in [0.1, 0.15) is 29.8 Å². The molecular weight excluding hydrogens is 200 g/mol. The Bertz CT molecular complexity index is 361. The van der Waals surface area contributed by atoms with Crippen molar-refractivity contribution in [2.24, 2.45) is 11.7 Å². The lowest BCUT2D eigenvalue weighted by Gasteiger charge is -2.20. The van der Waals surface area contributed by atoms with E-state index in [1.807, 2.05) is 45.0 Å². The summed E-state index contributed by atoms with van der Waals surface area (Å²) in [6.07, 6.45) is 0. The number of rotatable bonds is 4. The average molecular weight is 220 g/mol. The van der Waals surface area contributed by atoms with Crippen molar-refractivity contribution in [3.05, 3.63) is 35.4 Å². The summed E-state index contributed by atoms with van der Waals surface area (Å²) in [7, 11) is 0. The van der Waals surface area contributed by atoms with Crippen LogP contribution in [-0.2, 0) is 0 Å². The number of carbonyl (C=O) groups excluding carboxylic acids is 1. The van der Waals surface area contributed by atoms with Gasteiger partial charge in [-0.1, -0.05) is 31.5 Å². The molecule has 3 nitrogen and oxygen atoms in total. The smallest absolute Gasteiger partial charge is 0.251 e. The molecule has 0 aliphatic carbocycles. The fourth-order valence-electron chi connectivity index (χ4n) is 1.54. The van der Waals surface area contributed by atoms with Crippen molar-refractivity contribution in [3.8, 4) is 0 Å². The number of nitrogens with one attached hydrogen (secondary N) is 1. The number of benzene rings is 1. The van der Waals surface area contributed by atoms with Crippen molar-refractivity contribution in [1.82, 2.24) is 5.32 Å². The number of hydrogen-bond acceptors (Lipinski definition) is 2. The summed E-state index contributed by atoms with van der Waals surface area (Å²) in [5.74, 6) is 0.298. The second kappa shape index (κ2) is 5.66. The molecule has 3 N–H and O–H groups in total. The Balaban J connectivity index is 2.72. The van der Waals surface area contributed by atoms with Crippen molar-refractivity contribution in [3.63, 3.8) is 0 Å². The largest absolute Gasteiger partial charge is 0.348 e. The van der Waals surface area contributed by atoms with E-state index in [1.165, 1.54) is 0 Å². The molecule has 1 unspecified atom stereocenters. The summed E-state index contributed by atoms with van der Waals surface area (Å²) in [5.41, 5.74) is 7.39. The zero-order chi connectivity index (χ0) is 12.1. The zero-order valence-corrected chi connectivity index (χ0v) is 10.2. The molecule has 1 rings (SSSR count). The van der Waals surface area contributed by atoms with Crippen molar-refractivity contribution >= 4 is 5.91 Å². The minimum Gasteiger partial charge on any atom is -0.348 e. The predicted octanol–water partition coefficient (Wildman–Crippen LogP) is 1.71. The van der Waals surface area contributed by atoms with Crippen LogP contribution >= 0.6 is 0 Å². The summed E-state index contributed by atoms with van der Waals surface area (Å²) < 4.78 is 0. The molecule has 0 radical (unpaired) electrons. The van der Waals surface area contributed by atoms with Crippen molar-refractivity contribution in [2.45, 2.75) is 26.8 Å². The first kappa shape index (κ1) is 12.7. The van der Waals surface area contributed by atoms with E-state index in [4.69, 9.17) is 5.73 Å². The van der Waals surface area contributed by atoms with Crippen LogP contribution in [-0.4, -0.2) is 18.5 Å². The number of aryl methyl sites for hydroxylation is 1. The quantitative estimate of drug-likeness (QED) is 0.811. The lowest BCUT2D eigenvalue weighted by atomic mass is 10.0. The third-order valence-electron chi connectivity index (χ3n) is 2.66. The van der Waals surface area contributed by atoms with Crippen LogP contribution in [0.25, 0.3) is 0 Å². The first-order chi connectivity index (χ1) is 7.54. The Morgan fingerprint density at radius 3 is 2.62 bits per heavy atom. The zero-order valence-electron chi connectivity index (χ0n) is 10.2. The molecule has 0 heterocycles. The van der Waals surface area contributed by atoms with Gasteiger partial charge in [-0.25, -0.2) is 0 Å². The van der Waals surface area contributed by atoms with Gasteiger partial charge in [-0.05, 0) is 25.0 Å². The Labute approximate surface area is 97.0 Å². The molecule has 0 aliphatic rings. The van der Waals surface area contributed by atoms with Crippen LogP contribution in [0.5, 0.6) is 0 Å². The number of hydrogen-bond donors (Lipinski definition) is 2. The van der Waals surface area contributed by atoms with Gasteiger partial charge in [0.05, 0.1) is 0 Å². The molecule has 3 heteroatoms. The molecule has 0 bridgehead atoms. The number of carbonyl (C=O) groups is 1. The van der Waals surface area contributed by atoms with Crippen LogP contribution < -0.4 is 11.1 Å². The molecule has 88 valence electrons. The second-order valence-electron chi connectivity index (χ2n) is 4.43. The van der Waals surface area contributed by atoms with Crippen LogP contribution in [0.4, 0.5) is 0 Å². The molecular formula is C13H20N2O. The molecule has 0 fully saturated rings. The van der Waals surface area contributed by atoms with E-state index in [0.717, 1.165) is 5.56 Å². The van der Waals surface area contributed by atoms with Gasteiger partial charge in [0.1, 0.15) is 0 Å². The fraction of sp³-hybridized carbons (Fsp3) is 0.462. The van der Waals surface area contributed by atoms with Gasteiger partial charge in [-0.15, -0.1) is 0 Å². The van der Waals surface area contributed by atoms with E-state index in [2.05, 4.69) is 5.32 Å². The first-order valence-electron chi connectivity index (χ1n) is 5.62. The number of nitrogens with two attached hydrogens (primary N) is 1. The maximum absolute atomic E-state index is 11.9. The lowest BCUT2D eigenvalue weighted by molar-refractivity contribution is 0.0927. The Morgan fingerprint density at radius 1 is 1.44 bits per heavy atom. The summed E-state index contributed by atoms with van der Waals surface area (Å²) in [4.78, 5) is 11.9. The molecule has 0 aliphatic heterocycles. The molecule has 0 saturated carbocycles. The van der Waals surface area contributed by atoms with E-state index in [-0.39, 0.29) is 11.9 Å². The van der Waals surface area contributed by atoms with Crippen molar-refractivity contribution in [2.75, 3.05) is 6.54 Å². The van der Waals surface area contributed by atoms with Gasteiger partial charge in [-0.3, -0.25) is 4.79 Å². The Kier molecular flexibility index (Phi) is 4.50. The van der Waals surface area contributed by atoms with Gasteiger partial charge in [-0.2, -0.15) is 0 Å². The van der Waals surface area contributed by atoms with Crippen molar-refractivity contribution in [1.29, 1.82) is 0 Å². The minimum absolute atomic E-state index is 0.0352. The standard InChI is InChI=1S/C13H20N2O/c1-9(2)12(8-14)15-13(16)11-6-4-5-10(3)7-11/h4-7,9,12H,8,14H2,1-3H3,(H,15,16). The van der Waals surface area contributed by atoms with E-state index >= 15 is 0 Å². The maximum atomic E-state index is 11.9. The van der Waals surface area contributed by atoms with Gasteiger partial charge in [0.25, 0.3) is 5.91 Å². The third kappa shape index (κ3) is 3.35. The molecule has 1 aromatic rings. The first-order valence-corrected chi connectivity index (χ1v) is 5.62. The molecule has 1 aromatic carbocycles. The average Bonchev–Trinajstić information content (AvgIpc) is 2.25. The van der Waals surface area contributed by atoms with E-state index < -0.39 is 0 Å². The number of amides is 1. The van der Waals surface area contributed by atoms with Gasteiger partial charge < -0.3 is 11.1 Å². The minimum atomic E-state index is -0.0483. The van der Waals surface area contributed by atoms with E-state index in [9.17, 15) is 4.79 Å². The summed E-state index contributed by atoms with van der Waals surface area (Å²) in [5, 5.41) is 2.95. The summed E-state index contributed by atoms with van der Waals surface area (Å²) in [6, 6.07) is 7.59. The highest BCUT2D eigenvalue weighted by atomic mass is 16.1.